The Morgan fingerprint density at radius 3 is 2.52 bits per heavy atom. The summed E-state index contributed by atoms with van der Waals surface area (Å²) in [5.41, 5.74) is 4.93. The van der Waals surface area contributed by atoms with Crippen molar-refractivity contribution in [1.29, 1.82) is 0 Å². The minimum atomic E-state index is -1.96. The molecule has 8 nitrogen and oxygen atoms in total. The van der Waals surface area contributed by atoms with E-state index in [-0.39, 0.29) is 19.6 Å². The second kappa shape index (κ2) is 14.4. The molecule has 176 valence electrons. The second-order valence-electron chi connectivity index (χ2n) is 7.69. The molecule has 1 aromatic rings. The number of thiol groups is 1. The van der Waals surface area contributed by atoms with Crippen LogP contribution >= 0.6 is 12.6 Å². The van der Waals surface area contributed by atoms with Crippen LogP contribution in [0.1, 0.15) is 45.1 Å². The van der Waals surface area contributed by atoms with Crippen molar-refractivity contribution in [1.82, 2.24) is 10.4 Å². The number of nitrogens with two attached hydrogens (primary N) is 1. The summed E-state index contributed by atoms with van der Waals surface area (Å²) in [5.74, 6) is -2.32. The number of rotatable bonds is 16. The average Bonchev–Trinajstić information content (AvgIpc) is 2.78. The Kier molecular flexibility index (Phi) is 12.7. The molecule has 0 aromatic heterocycles. The van der Waals surface area contributed by atoms with E-state index in [1.807, 2.05) is 37.3 Å². The molecule has 0 saturated heterocycles. The maximum absolute atomic E-state index is 13.2. The third-order valence-electron chi connectivity index (χ3n) is 5.17. The van der Waals surface area contributed by atoms with Gasteiger partial charge in [-0.3, -0.25) is 14.9 Å². The maximum Gasteiger partial charge on any atom is 0.347 e. The van der Waals surface area contributed by atoms with Gasteiger partial charge in [-0.2, -0.15) is 17.7 Å². The van der Waals surface area contributed by atoms with Crippen LogP contribution in [0.15, 0.2) is 30.3 Å². The van der Waals surface area contributed by atoms with Gasteiger partial charge in [-0.1, -0.05) is 57.0 Å². The Hall–Kier alpha value is -1.65. The van der Waals surface area contributed by atoms with E-state index in [0.717, 1.165) is 23.5 Å². The van der Waals surface area contributed by atoms with Gasteiger partial charge >= 0.3 is 5.97 Å². The molecule has 0 bridgehead atoms. The zero-order valence-electron chi connectivity index (χ0n) is 18.5. The summed E-state index contributed by atoms with van der Waals surface area (Å²) < 4.78 is 0. The first kappa shape index (κ1) is 27.4. The third-order valence-corrected chi connectivity index (χ3v) is 5.64. The fourth-order valence-corrected chi connectivity index (χ4v) is 3.31. The van der Waals surface area contributed by atoms with Crippen LogP contribution in [-0.2, 0) is 20.8 Å². The number of carbonyl (C=O) groups is 2. The number of carboxylic acid groups (broad SMARTS) is 1. The molecular formula is C22H37N3O5S. The molecule has 5 N–H and O–H groups in total. The van der Waals surface area contributed by atoms with Crippen LogP contribution in [0.4, 0.5) is 0 Å². The van der Waals surface area contributed by atoms with Gasteiger partial charge in [0.2, 0.25) is 11.6 Å². The molecule has 0 radical (unpaired) electrons. The van der Waals surface area contributed by atoms with E-state index in [0.29, 0.717) is 18.6 Å². The molecule has 0 aliphatic carbocycles. The molecule has 1 amide bonds. The second-order valence-corrected chi connectivity index (χ2v) is 8.06. The smallest absolute Gasteiger partial charge is 0.347 e. The van der Waals surface area contributed by atoms with E-state index in [2.05, 4.69) is 17.9 Å². The normalized spacial score (nSPS) is 15.1. The summed E-state index contributed by atoms with van der Waals surface area (Å²) >= 11 is 4.14. The number of nitrogens with one attached hydrogen (secondary N) is 1. The summed E-state index contributed by atoms with van der Waals surface area (Å²) in [7, 11) is 0. The number of aliphatic hydroxyl groups is 1. The first-order chi connectivity index (χ1) is 14.8. The zero-order chi connectivity index (χ0) is 23.3. The standard InChI is InChI=1S/C22H37N3O5S/c1-3-4-8-13-30-25(20(27)12-11-18-9-6-5-7-10-18)22(21(28)29,17(2)15-26)24-14-19(23)16-31/h5-7,9-10,17,19,24,26,31H,3-4,8,11-16,23H2,1-2H3,(H,28,29)/t17-,19?,22-/m1/s1. The largest absolute Gasteiger partial charge is 0.478 e. The fourth-order valence-electron chi connectivity index (χ4n) is 3.18. The summed E-state index contributed by atoms with van der Waals surface area (Å²) in [6.07, 6.45) is 3.02. The third kappa shape index (κ3) is 8.08. The Balaban J connectivity index is 3.20. The molecule has 1 unspecified atom stereocenters. The predicted molar refractivity (Wildman–Crippen MR) is 124 cm³/mol. The molecule has 0 spiro atoms. The highest BCUT2D eigenvalue weighted by molar-refractivity contribution is 7.80. The van der Waals surface area contributed by atoms with Gasteiger partial charge in [0.05, 0.1) is 6.61 Å². The molecule has 1 aromatic carbocycles. The van der Waals surface area contributed by atoms with Gasteiger partial charge in [-0.15, -0.1) is 0 Å². The summed E-state index contributed by atoms with van der Waals surface area (Å²) in [5, 5.41) is 23.9. The van der Waals surface area contributed by atoms with Gasteiger partial charge in [-0.25, -0.2) is 4.79 Å². The van der Waals surface area contributed by atoms with E-state index >= 15 is 0 Å². The first-order valence-corrected chi connectivity index (χ1v) is 11.4. The van der Waals surface area contributed by atoms with Gasteiger partial charge < -0.3 is 15.9 Å². The lowest BCUT2D eigenvalue weighted by molar-refractivity contribution is -0.246. The summed E-state index contributed by atoms with van der Waals surface area (Å²) in [6, 6.07) is 9.04. The molecule has 3 atom stereocenters. The number of hydroxylamine groups is 2. The van der Waals surface area contributed by atoms with E-state index in [1.54, 1.807) is 6.92 Å². The van der Waals surface area contributed by atoms with Crippen LogP contribution in [0.5, 0.6) is 0 Å². The average molecular weight is 456 g/mol. The topological polar surface area (TPSA) is 125 Å². The molecule has 0 heterocycles. The van der Waals surface area contributed by atoms with Crippen molar-refractivity contribution in [2.45, 2.75) is 57.7 Å². The van der Waals surface area contributed by atoms with Gasteiger partial charge in [-0.05, 0) is 18.4 Å². The number of hydrogen-bond acceptors (Lipinski definition) is 7. The number of unbranched alkanes of at least 4 members (excludes halogenated alkanes) is 2. The molecular weight excluding hydrogens is 418 g/mol. The van der Waals surface area contributed by atoms with Crippen molar-refractivity contribution in [2.24, 2.45) is 11.7 Å². The molecule has 0 aliphatic heterocycles. The minimum Gasteiger partial charge on any atom is -0.478 e. The summed E-state index contributed by atoms with van der Waals surface area (Å²) in [6.45, 7) is 3.41. The van der Waals surface area contributed by atoms with Crippen LogP contribution in [0.2, 0.25) is 0 Å². The number of aliphatic carboxylic acids is 1. The number of carboxylic acids is 1. The fraction of sp³-hybridized carbons (Fsp3) is 0.636. The SMILES string of the molecule is CCCCCON(C(=O)CCc1ccccc1)[C@@](NCC(N)CS)(C(=O)O)[C@H](C)CO. The lowest BCUT2D eigenvalue weighted by Crippen LogP contribution is -2.71. The van der Waals surface area contributed by atoms with Gasteiger partial charge in [0.25, 0.3) is 0 Å². The van der Waals surface area contributed by atoms with Crippen molar-refractivity contribution in [3.05, 3.63) is 35.9 Å². The Labute approximate surface area is 190 Å². The number of nitrogens with zero attached hydrogens (tertiary/aromatic N) is 1. The Bertz CT molecular complexity index is 664. The van der Waals surface area contributed by atoms with Gasteiger partial charge in [0.15, 0.2) is 0 Å². The first-order valence-electron chi connectivity index (χ1n) is 10.8. The van der Waals surface area contributed by atoms with Crippen molar-refractivity contribution >= 4 is 24.5 Å². The predicted octanol–water partition coefficient (Wildman–Crippen LogP) is 1.83. The highest BCUT2D eigenvalue weighted by Gasteiger charge is 2.52. The van der Waals surface area contributed by atoms with Crippen molar-refractivity contribution in [2.75, 3.05) is 25.5 Å². The maximum atomic E-state index is 13.2. The molecule has 0 saturated carbocycles. The number of amides is 1. The zero-order valence-corrected chi connectivity index (χ0v) is 19.4. The van der Waals surface area contributed by atoms with Crippen LogP contribution in [0.25, 0.3) is 0 Å². The van der Waals surface area contributed by atoms with Crippen molar-refractivity contribution in [3.63, 3.8) is 0 Å². The van der Waals surface area contributed by atoms with Crippen LogP contribution in [-0.4, -0.2) is 64.4 Å². The van der Waals surface area contributed by atoms with Gasteiger partial charge in [0.1, 0.15) is 0 Å². The van der Waals surface area contributed by atoms with E-state index < -0.39 is 36.1 Å². The van der Waals surface area contributed by atoms with Gasteiger partial charge in [0, 0.05) is 37.3 Å². The van der Waals surface area contributed by atoms with Crippen molar-refractivity contribution < 1.29 is 24.6 Å². The molecule has 0 aliphatic rings. The van der Waals surface area contributed by atoms with Crippen LogP contribution in [0.3, 0.4) is 0 Å². The van der Waals surface area contributed by atoms with Crippen LogP contribution < -0.4 is 11.1 Å². The lowest BCUT2D eigenvalue weighted by atomic mass is 9.93. The molecule has 1 rings (SSSR count). The number of benzene rings is 1. The quantitative estimate of drug-likeness (QED) is 0.111. The number of hydrogen-bond donors (Lipinski definition) is 5. The van der Waals surface area contributed by atoms with E-state index in [4.69, 9.17) is 10.6 Å². The van der Waals surface area contributed by atoms with E-state index in [9.17, 15) is 19.8 Å². The lowest BCUT2D eigenvalue weighted by Gasteiger charge is -2.43. The molecule has 0 fully saturated rings. The molecule has 31 heavy (non-hydrogen) atoms. The van der Waals surface area contributed by atoms with Crippen molar-refractivity contribution in [3.8, 4) is 0 Å². The molecule has 9 heteroatoms. The van der Waals surface area contributed by atoms with Crippen LogP contribution in [0, 0.1) is 5.92 Å². The highest BCUT2D eigenvalue weighted by atomic mass is 32.1. The minimum absolute atomic E-state index is 0.0608. The number of carbonyl (C=O) groups excluding carboxylic acids is 1. The highest BCUT2D eigenvalue weighted by Crippen LogP contribution is 2.26. The Morgan fingerprint density at radius 1 is 1.29 bits per heavy atom. The monoisotopic (exact) mass is 455 g/mol. The summed E-state index contributed by atoms with van der Waals surface area (Å²) in [4.78, 5) is 31.5. The van der Waals surface area contributed by atoms with E-state index in [1.165, 1.54) is 0 Å². The Morgan fingerprint density at radius 2 is 1.97 bits per heavy atom. The number of aryl methyl sites for hydroxylation is 1. The number of aliphatic hydroxyl groups excluding tert-OH is 1.